The SMILES string of the molecule is C=CCc1ncc(N)c(C(=O)O)n1. The van der Waals surface area contributed by atoms with Crippen LogP contribution in [0.4, 0.5) is 5.69 Å². The van der Waals surface area contributed by atoms with Crippen molar-refractivity contribution in [3.63, 3.8) is 0 Å². The van der Waals surface area contributed by atoms with Crippen molar-refractivity contribution >= 4 is 11.7 Å². The van der Waals surface area contributed by atoms with Crippen LogP contribution < -0.4 is 5.73 Å². The molecule has 1 aromatic rings. The Hall–Kier alpha value is -1.91. The first-order valence-electron chi connectivity index (χ1n) is 3.60. The lowest BCUT2D eigenvalue weighted by atomic mass is 10.3. The fraction of sp³-hybridized carbons (Fsp3) is 0.125. The molecule has 0 aliphatic carbocycles. The second kappa shape index (κ2) is 3.66. The van der Waals surface area contributed by atoms with E-state index < -0.39 is 5.97 Å². The van der Waals surface area contributed by atoms with Gasteiger partial charge in [0.2, 0.25) is 0 Å². The minimum absolute atomic E-state index is 0.0697. The zero-order valence-electron chi connectivity index (χ0n) is 6.90. The van der Waals surface area contributed by atoms with Crippen LogP contribution in [-0.4, -0.2) is 21.0 Å². The van der Waals surface area contributed by atoms with Crippen LogP contribution in [0.3, 0.4) is 0 Å². The maximum absolute atomic E-state index is 10.6. The summed E-state index contributed by atoms with van der Waals surface area (Å²) in [7, 11) is 0. The van der Waals surface area contributed by atoms with Crippen molar-refractivity contribution in [2.45, 2.75) is 6.42 Å². The maximum atomic E-state index is 10.6. The number of aromatic nitrogens is 2. The third kappa shape index (κ3) is 2.02. The summed E-state index contributed by atoms with van der Waals surface area (Å²) < 4.78 is 0. The van der Waals surface area contributed by atoms with E-state index in [1.807, 2.05) is 0 Å². The van der Waals surface area contributed by atoms with Crippen LogP contribution in [0.2, 0.25) is 0 Å². The van der Waals surface area contributed by atoms with Crippen molar-refractivity contribution in [3.8, 4) is 0 Å². The van der Waals surface area contributed by atoms with Gasteiger partial charge in [-0.25, -0.2) is 14.8 Å². The number of hydrogen-bond donors (Lipinski definition) is 2. The van der Waals surface area contributed by atoms with Gasteiger partial charge in [-0.05, 0) is 0 Å². The molecule has 0 amide bonds. The van der Waals surface area contributed by atoms with Crippen molar-refractivity contribution in [1.82, 2.24) is 9.97 Å². The highest BCUT2D eigenvalue weighted by molar-refractivity contribution is 5.90. The van der Waals surface area contributed by atoms with Gasteiger partial charge in [0.15, 0.2) is 5.69 Å². The van der Waals surface area contributed by atoms with Crippen LogP contribution in [0.25, 0.3) is 0 Å². The van der Waals surface area contributed by atoms with Gasteiger partial charge < -0.3 is 10.8 Å². The number of allylic oxidation sites excluding steroid dienone is 1. The molecule has 1 heterocycles. The van der Waals surface area contributed by atoms with Gasteiger partial charge in [-0.1, -0.05) is 6.08 Å². The number of nitrogens with two attached hydrogens (primary N) is 1. The smallest absolute Gasteiger partial charge is 0.356 e. The van der Waals surface area contributed by atoms with Crippen molar-refractivity contribution in [2.24, 2.45) is 0 Å². The van der Waals surface area contributed by atoms with Crippen LogP contribution in [-0.2, 0) is 6.42 Å². The highest BCUT2D eigenvalue weighted by Gasteiger charge is 2.10. The van der Waals surface area contributed by atoms with E-state index in [-0.39, 0.29) is 11.4 Å². The average molecular weight is 179 g/mol. The molecule has 0 bridgehead atoms. The van der Waals surface area contributed by atoms with Crippen molar-refractivity contribution in [2.75, 3.05) is 5.73 Å². The predicted molar refractivity (Wildman–Crippen MR) is 47.3 cm³/mol. The number of carboxylic acid groups (broad SMARTS) is 1. The zero-order chi connectivity index (χ0) is 9.84. The number of nitrogen functional groups attached to an aromatic ring is 1. The summed E-state index contributed by atoms with van der Waals surface area (Å²) in [6.45, 7) is 3.49. The molecule has 1 aromatic heterocycles. The topological polar surface area (TPSA) is 89.1 Å². The first-order chi connectivity index (χ1) is 6.15. The Morgan fingerprint density at radius 1 is 1.77 bits per heavy atom. The Bertz CT molecular complexity index is 349. The molecule has 0 aliphatic heterocycles. The van der Waals surface area contributed by atoms with E-state index >= 15 is 0 Å². The number of anilines is 1. The molecule has 0 spiro atoms. The largest absolute Gasteiger partial charge is 0.476 e. The Morgan fingerprint density at radius 2 is 2.46 bits per heavy atom. The molecule has 0 radical (unpaired) electrons. The van der Waals surface area contributed by atoms with E-state index in [1.165, 1.54) is 6.20 Å². The first kappa shape index (κ1) is 9.18. The summed E-state index contributed by atoms with van der Waals surface area (Å²) >= 11 is 0. The van der Waals surface area contributed by atoms with Crippen LogP contribution >= 0.6 is 0 Å². The van der Waals surface area contributed by atoms with Gasteiger partial charge in [0, 0.05) is 6.42 Å². The number of hydrogen-bond acceptors (Lipinski definition) is 4. The van der Waals surface area contributed by atoms with E-state index in [1.54, 1.807) is 6.08 Å². The van der Waals surface area contributed by atoms with Crippen LogP contribution in [0.1, 0.15) is 16.3 Å². The second-order valence-corrected chi connectivity index (χ2v) is 2.39. The van der Waals surface area contributed by atoms with Crippen LogP contribution in [0, 0.1) is 0 Å². The zero-order valence-corrected chi connectivity index (χ0v) is 6.90. The number of aromatic carboxylic acids is 1. The molecule has 0 fully saturated rings. The molecule has 68 valence electrons. The molecule has 13 heavy (non-hydrogen) atoms. The van der Waals surface area contributed by atoms with Gasteiger partial charge in [-0.2, -0.15) is 0 Å². The Kier molecular flexibility index (Phi) is 2.59. The van der Waals surface area contributed by atoms with Gasteiger partial charge in [0.1, 0.15) is 5.82 Å². The molecule has 5 heteroatoms. The van der Waals surface area contributed by atoms with Gasteiger partial charge in [-0.3, -0.25) is 0 Å². The lowest BCUT2D eigenvalue weighted by molar-refractivity contribution is 0.0691. The van der Waals surface area contributed by atoms with E-state index in [0.29, 0.717) is 12.2 Å². The summed E-state index contributed by atoms with van der Waals surface area (Å²) in [6, 6.07) is 0. The molecule has 3 N–H and O–H groups in total. The highest BCUT2D eigenvalue weighted by atomic mass is 16.4. The van der Waals surface area contributed by atoms with Crippen molar-refractivity contribution < 1.29 is 9.90 Å². The van der Waals surface area contributed by atoms with Gasteiger partial charge in [-0.15, -0.1) is 6.58 Å². The minimum Gasteiger partial charge on any atom is -0.476 e. The van der Waals surface area contributed by atoms with Gasteiger partial charge in [0.25, 0.3) is 0 Å². The van der Waals surface area contributed by atoms with Crippen LogP contribution in [0.15, 0.2) is 18.9 Å². The molecule has 0 aromatic carbocycles. The van der Waals surface area contributed by atoms with E-state index in [2.05, 4.69) is 16.5 Å². The van der Waals surface area contributed by atoms with Gasteiger partial charge >= 0.3 is 5.97 Å². The monoisotopic (exact) mass is 179 g/mol. The third-order valence-electron chi connectivity index (χ3n) is 1.40. The Balaban J connectivity index is 3.10. The standard InChI is InChI=1S/C8H9N3O2/c1-2-3-6-10-4-5(9)7(11-6)8(12)13/h2,4H,1,3,9H2,(H,12,13). The fourth-order valence-corrected chi connectivity index (χ4v) is 0.826. The molecule has 1 rings (SSSR count). The fourth-order valence-electron chi connectivity index (χ4n) is 0.826. The number of nitrogens with zero attached hydrogens (tertiary/aromatic N) is 2. The lowest BCUT2D eigenvalue weighted by Gasteiger charge is -2.00. The van der Waals surface area contributed by atoms with E-state index in [9.17, 15) is 4.79 Å². The molecule has 0 aliphatic rings. The highest BCUT2D eigenvalue weighted by Crippen LogP contribution is 2.07. The van der Waals surface area contributed by atoms with E-state index in [4.69, 9.17) is 10.8 Å². The summed E-state index contributed by atoms with van der Waals surface area (Å²) in [4.78, 5) is 18.2. The minimum atomic E-state index is -1.15. The summed E-state index contributed by atoms with van der Waals surface area (Å²) in [6.07, 6.45) is 3.31. The average Bonchev–Trinajstić information content (AvgIpc) is 2.08. The predicted octanol–water partition coefficient (Wildman–Crippen LogP) is 0.486. The number of carboxylic acids is 1. The summed E-state index contributed by atoms with van der Waals surface area (Å²) in [5.74, 6) is -0.744. The quantitative estimate of drug-likeness (QED) is 0.659. The van der Waals surface area contributed by atoms with Crippen molar-refractivity contribution in [1.29, 1.82) is 0 Å². The maximum Gasteiger partial charge on any atom is 0.356 e. The number of rotatable bonds is 3. The van der Waals surface area contributed by atoms with Crippen LogP contribution in [0.5, 0.6) is 0 Å². The molecule has 0 saturated heterocycles. The second-order valence-electron chi connectivity index (χ2n) is 2.39. The lowest BCUT2D eigenvalue weighted by Crippen LogP contribution is -2.08. The summed E-state index contributed by atoms with van der Waals surface area (Å²) in [5, 5.41) is 8.66. The summed E-state index contributed by atoms with van der Waals surface area (Å²) in [5.41, 5.74) is 5.26. The molecule has 5 nitrogen and oxygen atoms in total. The molecule has 0 atom stereocenters. The first-order valence-corrected chi connectivity index (χ1v) is 3.60. The van der Waals surface area contributed by atoms with Crippen molar-refractivity contribution in [3.05, 3.63) is 30.4 Å². The molecule has 0 unspecified atom stereocenters. The van der Waals surface area contributed by atoms with Gasteiger partial charge in [0.05, 0.1) is 11.9 Å². The molecular weight excluding hydrogens is 170 g/mol. The third-order valence-corrected chi connectivity index (χ3v) is 1.40. The molecule has 0 saturated carbocycles. The van der Waals surface area contributed by atoms with E-state index in [0.717, 1.165) is 0 Å². The molecular formula is C8H9N3O2. The number of carbonyl (C=O) groups is 1. The Labute approximate surface area is 74.9 Å². The normalized spacial score (nSPS) is 9.54. The Morgan fingerprint density at radius 3 is 3.00 bits per heavy atom.